The Kier molecular flexibility index (Phi) is 10.4. The van der Waals surface area contributed by atoms with E-state index in [1.165, 1.54) is 115 Å². The molecule has 0 N–H and O–H groups in total. The molecule has 0 atom stereocenters. The number of hydrogen-bond acceptors (Lipinski definition) is 2. The van der Waals surface area contributed by atoms with Crippen LogP contribution in [0.5, 0.6) is 0 Å². The van der Waals surface area contributed by atoms with Crippen LogP contribution in [0, 0.1) is 0 Å². The third kappa shape index (κ3) is 6.87. The molecule has 0 saturated heterocycles. The quantitative estimate of drug-likeness (QED) is 0.111. The fraction of sp³-hybridized carbons (Fsp3) is 0.295. The molecule has 4 aromatic carbocycles. The largest absolute Gasteiger partial charge is 0.310 e. The minimum absolute atomic E-state index is 0.00171. The number of para-hydroxylation sites is 2. The summed E-state index contributed by atoms with van der Waals surface area (Å²) in [6.45, 7) is 4.63. The van der Waals surface area contributed by atoms with Crippen LogP contribution in [-0.2, 0) is 5.41 Å². The highest BCUT2D eigenvalue weighted by Gasteiger charge is 2.42. The standard InChI is InChI=1S/C44H48N2/c1-3-5-7-15-29-44(30-16-8-6-4-2)42-33-36(22-21-35-27-31-45-32-28-35)23-25-40(42)41-26-24-39(34-43(41)44)46(37-17-11-9-12-18-37)38-19-13-10-14-20-38/h9-14,17-28,31-34H,3-8,15-16,29-30H2,1-2H3/b22-21+. The van der Waals surface area contributed by atoms with E-state index in [1.54, 1.807) is 0 Å². The van der Waals surface area contributed by atoms with Crippen molar-refractivity contribution in [1.82, 2.24) is 4.98 Å². The van der Waals surface area contributed by atoms with Gasteiger partial charge in [-0.2, -0.15) is 0 Å². The van der Waals surface area contributed by atoms with Gasteiger partial charge in [0, 0.05) is 34.9 Å². The lowest BCUT2D eigenvalue weighted by Gasteiger charge is -2.34. The van der Waals surface area contributed by atoms with Gasteiger partial charge in [-0.3, -0.25) is 4.98 Å². The summed E-state index contributed by atoms with van der Waals surface area (Å²) in [7, 11) is 0. The topological polar surface area (TPSA) is 16.1 Å². The van der Waals surface area contributed by atoms with Crippen LogP contribution < -0.4 is 4.90 Å². The minimum Gasteiger partial charge on any atom is -0.310 e. The van der Waals surface area contributed by atoms with E-state index in [-0.39, 0.29) is 5.41 Å². The second kappa shape index (κ2) is 15.2. The van der Waals surface area contributed by atoms with Crippen LogP contribution in [0.1, 0.15) is 100 Å². The normalized spacial score (nSPS) is 13.1. The molecule has 234 valence electrons. The maximum Gasteiger partial charge on any atom is 0.0465 e. The number of anilines is 3. The van der Waals surface area contributed by atoms with Crippen LogP contribution in [-0.4, -0.2) is 4.98 Å². The van der Waals surface area contributed by atoms with E-state index in [0.717, 1.165) is 0 Å². The van der Waals surface area contributed by atoms with Crippen molar-refractivity contribution in [2.45, 2.75) is 83.5 Å². The second-order valence-electron chi connectivity index (χ2n) is 12.9. The van der Waals surface area contributed by atoms with Crippen molar-refractivity contribution in [2.24, 2.45) is 0 Å². The molecule has 1 heterocycles. The summed E-state index contributed by atoms with van der Waals surface area (Å²) in [5.74, 6) is 0. The van der Waals surface area contributed by atoms with E-state index in [1.807, 2.05) is 12.4 Å². The summed E-state index contributed by atoms with van der Waals surface area (Å²) in [5.41, 5.74) is 11.9. The number of pyridine rings is 1. The van der Waals surface area contributed by atoms with Crippen LogP contribution in [0.15, 0.2) is 122 Å². The molecule has 0 amide bonds. The molecule has 0 unspecified atom stereocenters. The zero-order valence-corrected chi connectivity index (χ0v) is 27.7. The van der Waals surface area contributed by atoms with Gasteiger partial charge >= 0.3 is 0 Å². The molecule has 0 radical (unpaired) electrons. The lowest BCUT2D eigenvalue weighted by Crippen LogP contribution is -2.26. The zero-order valence-electron chi connectivity index (χ0n) is 27.7. The Labute approximate surface area is 276 Å². The Morgan fingerprint density at radius 1 is 0.522 bits per heavy atom. The summed E-state index contributed by atoms with van der Waals surface area (Å²) in [6.07, 6.45) is 20.8. The van der Waals surface area contributed by atoms with Crippen molar-refractivity contribution < 1.29 is 0 Å². The highest BCUT2D eigenvalue weighted by Crippen LogP contribution is 2.56. The molecule has 46 heavy (non-hydrogen) atoms. The Morgan fingerprint density at radius 2 is 1.07 bits per heavy atom. The van der Waals surface area contributed by atoms with Crippen LogP contribution >= 0.6 is 0 Å². The van der Waals surface area contributed by atoms with Gasteiger partial charge in [0.05, 0.1) is 0 Å². The van der Waals surface area contributed by atoms with Crippen molar-refractivity contribution >= 4 is 29.2 Å². The highest BCUT2D eigenvalue weighted by molar-refractivity contribution is 5.87. The first-order valence-corrected chi connectivity index (χ1v) is 17.5. The van der Waals surface area contributed by atoms with Gasteiger partial charge in [0.25, 0.3) is 0 Å². The number of nitrogens with zero attached hydrogens (tertiary/aromatic N) is 2. The smallest absolute Gasteiger partial charge is 0.0465 e. The molecule has 0 aliphatic heterocycles. The summed E-state index contributed by atoms with van der Waals surface area (Å²) in [4.78, 5) is 6.62. The Bertz CT molecular complexity index is 1650. The van der Waals surface area contributed by atoms with E-state index >= 15 is 0 Å². The van der Waals surface area contributed by atoms with E-state index in [0.29, 0.717) is 0 Å². The molecule has 6 rings (SSSR count). The predicted molar refractivity (Wildman–Crippen MR) is 198 cm³/mol. The average molecular weight is 605 g/mol. The third-order valence-corrected chi connectivity index (χ3v) is 9.74. The molecule has 1 aliphatic carbocycles. The van der Waals surface area contributed by atoms with Gasteiger partial charge in [-0.1, -0.05) is 138 Å². The first-order chi connectivity index (χ1) is 22.7. The van der Waals surface area contributed by atoms with E-state index in [9.17, 15) is 0 Å². The van der Waals surface area contributed by atoms with Gasteiger partial charge in [0.2, 0.25) is 0 Å². The maximum absolute atomic E-state index is 4.19. The number of unbranched alkanes of at least 4 members (excludes halogenated alkanes) is 6. The van der Waals surface area contributed by atoms with Crippen molar-refractivity contribution in [3.05, 3.63) is 144 Å². The van der Waals surface area contributed by atoms with Gasteiger partial charge in [-0.15, -0.1) is 0 Å². The molecular weight excluding hydrogens is 556 g/mol. The SMILES string of the molecule is CCCCCCC1(CCCCCC)c2cc(/C=C/c3ccncc3)ccc2-c2ccc(N(c3ccccc3)c3ccccc3)cc21. The highest BCUT2D eigenvalue weighted by atomic mass is 15.1. The second-order valence-corrected chi connectivity index (χ2v) is 12.9. The van der Waals surface area contributed by atoms with Crippen molar-refractivity contribution in [3.8, 4) is 11.1 Å². The van der Waals surface area contributed by atoms with Gasteiger partial charge < -0.3 is 4.90 Å². The average Bonchev–Trinajstić information content (AvgIpc) is 3.37. The van der Waals surface area contributed by atoms with E-state index in [2.05, 4.69) is 145 Å². The first-order valence-electron chi connectivity index (χ1n) is 17.5. The summed E-state index contributed by atoms with van der Waals surface area (Å²) in [5, 5.41) is 0. The summed E-state index contributed by atoms with van der Waals surface area (Å²) >= 11 is 0. The van der Waals surface area contributed by atoms with Crippen LogP contribution in [0.3, 0.4) is 0 Å². The van der Waals surface area contributed by atoms with Crippen molar-refractivity contribution in [3.63, 3.8) is 0 Å². The molecule has 5 aromatic rings. The molecule has 0 spiro atoms. The van der Waals surface area contributed by atoms with E-state index in [4.69, 9.17) is 0 Å². The maximum atomic E-state index is 4.19. The van der Waals surface area contributed by atoms with Gasteiger partial charge in [0.1, 0.15) is 0 Å². The fourth-order valence-corrected chi connectivity index (χ4v) is 7.38. The van der Waals surface area contributed by atoms with Crippen molar-refractivity contribution in [2.75, 3.05) is 4.90 Å². The number of hydrogen-bond donors (Lipinski definition) is 0. The number of benzene rings is 4. The molecule has 1 aromatic heterocycles. The van der Waals surface area contributed by atoms with Crippen LogP contribution in [0.25, 0.3) is 23.3 Å². The monoisotopic (exact) mass is 604 g/mol. The molecule has 0 saturated carbocycles. The lowest BCUT2D eigenvalue weighted by molar-refractivity contribution is 0.401. The molecule has 1 aliphatic rings. The third-order valence-electron chi connectivity index (χ3n) is 9.74. The van der Waals surface area contributed by atoms with Gasteiger partial charge in [0.15, 0.2) is 0 Å². The Morgan fingerprint density at radius 3 is 1.65 bits per heavy atom. The Balaban J connectivity index is 1.48. The molecule has 0 bridgehead atoms. The van der Waals surface area contributed by atoms with Crippen LogP contribution in [0.4, 0.5) is 17.1 Å². The van der Waals surface area contributed by atoms with Gasteiger partial charge in [-0.05, 0) is 94.8 Å². The molecular formula is C44H48N2. The first kappa shape index (κ1) is 31.5. The molecule has 2 nitrogen and oxygen atoms in total. The lowest BCUT2D eigenvalue weighted by atomic mass is 9.70. The number of rotatable bonds is 15. The van der Waals surface area contributed by atoms with Crippen LogP contribution in [0.2, 0.25) is 0 Å². The number of fused-ring (bicyclic) bond motifs is 3. The zero-order chi connectivity index (χ0) is 31.6. The molecule has 2 heteroatoms. The molecule has 0 fully saturated rings. The minimum atomic E-state index is 0.00171. The fourth-order valence-electron chi connectivity index (χ4n) is 7.38. The summed E-state index contributed by atoms with van der Waals surface area (Å²) < 4.78 is 0. The van der Waals surface area contributed by atoms with E-state index < -0.39 is 0 Å². The predicted octanol–water partition coefficient (Wildman–Crippen LogP) is 12.9. The van der Waals surface area contributed by atoms with Crippen molar-refractivity contribution in [1.29, 1.82) is 0 Å². The van der Waals surface area contributed by atoms with Gasteiger partial charge in [-0.25, -0.2) is 0 Å². The summed E-state index contributed by atoms with van der Waals surface area (Å²) in [6, 6.07) is 40.3. The Hall–Kier alpha value is -4.43. The number of aromatic nitrogens is 1.